The molecule has 3 nitrogen and oxygen atoms in total. The second-order valence-electron chi connectivity index (χ2n) is 4.95. The maximum atomic E-state index is 12.7. The van der Waals surface area contributed by atoms with Crippen molar-refractivity contribution in [2.75, 3.05) is 13.1 Å². The number of halogens is 1. The van der Waals surface area contributed by atoms with E-state index in [4.69, 9.17) is 0 Å². The van der Waals surface area contributed by atoms with E-state index >= 15 is 0 Å². The van der Waals surface area contributed by atoms with Crippen molar-refractivity contribution < 1.29 is 4.79 Å². The lowest BCUT2D eigenvalue weighted by Gasteiger charge is -2.21. The van der Waals surface area contributed by atoms with Crippen LogP contribution in [0.2, 0.25) is 0 Å². The van der Waals surface area contributed by atoms with Crippen molar-refractivity contribution in [1.29, 1.82) is 0 Å². The van der Waals surface area contributed by atoms with Gasteiger partial charge in [-0.3, -0.25) is 4.79 Å². The number of rotatable bonds is 6. The molecule has 0 aliphatic carbocycles. The number of benzene rings is 1. The molecule has 0 spiro atoms. The molecular weight excluding hydrogens is 328 g/mol. The Morgan fingerprint density at radius 1 is 1.24 bits per heavy atom. The molecule has 0 atom stereocenters. The highest BCUT2D eigenvalue weighted by Gasteiger charge is 2.18. The van der Waals surface area contributed by atoms with Gasteiger partial charge in [0.25, 0.3) is 5.91 Å². The molecule has 1 heterocycles. The van der Waals surface area contributed by atoms with Crippen LogP contribution in [0.4, 0.5) is 0 Å². The summed E-state index contributed by atoms with van der Waals surface area (Å²) in [7, 11) is 0. The van der Waals surface area contributed by atoms with Crippen LogP contribution >= 0.6 is 15.9 Å². The average Bonchev–Trinajstić information content (AvgIpc) is 2.89. The highest BCUT2D eigenvalue weighted by atomic mass is 79.9. The standard InChI is InChI=1S/C17H21BrN2O/c1-3-19(11-10-14-8-6-5-7-9-14)17(21)16-12-15(18)13-20(16)4-2/h5-9,12-13H,3-4,10-11H2,1-2H3. The lowest BCUT2D eigenvalue weighted by molar-refractivity contribution is 0.0755. The first-order valence-electron chi connectivity index (χ1n) is 7.34. The molecule has 0 aliphatic rings. The lowest BCUT2D eigenvalue weighted by Crippen LogP contribution is -2.34. The molecule has 2 rings (SSSR count). The minimum atomic E-state index is 0.0981. The van der Waals surface area contributed by atoms with Crippen LogP contribution in [0, 0.1) is 0 Å². The Kier molecular flexibility index (Phi) is 5.62. The van der Waals surface area contributed by atoms with Gasteiger partial charge >= 0.3 is 0 Å². The van der Waals surface area contributed by atoms with Gasteiger partial charge in [-0.2, -0.15) is 0 Å². The van der Waals surface area contributed by atoms with Crippen molar-refractivity contribution in [1.82, 2.24) is 9.47 Å². The number of hydrogen-bond acceptors (Lipinski definition) is 1. The van der Waals surface area contributed by atoms with Crippen molar-refractivity contribution in [3.05, 3.63) is 58.3 Å². The largest absolute Gasteiger partial charge is 0.343 e. The number of aromatic nitrogens is 1. The van der Waals surface area contributed by atoms with Gasteiger partial charge in [0.1, 0.15) is 5.69 Å². The van der Waals surface area contributed by atoms with Crippen LogP contribution in [0.1, 0.15) is 29.9 Å². The van der Waals surface area contributed by atoms with Gasteiger partial charge < -0.3 is 9.47 Å². The van der Waals surface area contributed by atoms with Gasteiger partial charge in [-0.05, 0) is 47.8 Å². The number of aryl methyl sites for hydroxylation is 1. The van der Waals surface area contributed by atoms with E-state index in [2.05, 4.69) is 28.1 Å². The first-order valence-corrected chi connectivity index (χ1v) is 8.13. The van der Waals surface area contributed by atoms with Crippen LogP contribution < -0.4 is 0 Å². The number of amides is 1. The van der Waals surface area contributed by atoms with E-state index in [1.807, 2.05) is 53.8 Å². The molecular formula is C17H21BrN2O. The Morgan fingerprint density at radius 2 is 1.95 bits per heavy atom. The minimum absolute atomic E-state index is 0.0981. The minimum Gasteiger partial charge on any atom is -0.343 e. The normalized spacial score (nSPS) is 10.6. The molecule has 0 radical (unpaired) electrons. The van der Waals surface area contributed by atoms with Gasteiger partial charge in [0.2, 0.25) is 0 Å². The molecule has 1 amide bonds. The van der Waals surface area contributed by atoms with E-state index in [1.54, 1.807) is 0 Å². The van der Waals surface area contributed by atoms with Gasteiger partial charge in [-0.1, -0.05) is 30.3 Å². The zero-order chi connectivity index (χ0) is 15.2. The first-order chi connectivity index (χ1) is 10.2. The third-order valence-electron chi connectivity index (χ3n) is 3.61. The number of carbonyl (C=O) groups excluding carboxylic acids is 1. The number of nitrogens with zero attached hydrogens (tertiary/aromatic N) is 2. The summed E-state index contributed by atoms with van der Waals surface area (Å²) < 4.78 is 2.93. The summed E-state index contributed by atoms with van der Waals surface area (Å²) in [6.45, 7) is 6.33. The molecule has 21 heavy (non-hydrogen) atoms. The smallest absolute Gasteiger partial charge is 0.270 e. The van der Waals surface area contributed by atoms with Gasteiger partial charge in [0.05, 0.1) is 0 Å². The SMILES string of the molecule is CCN(CCc1ccccc1)C(=O)c1cc(Br)cn1CC. The number of likely N-dealkylation sites (N-methyl/N-ethyl adjacent to an activating group) is 1. The third-order valence-corrected chi connectivity index (χ3v) is 4.04. The summed E-state index contributed by atoms with van der Waals surface area (Å²) >= 11 is 3.45. The Morgan fingerprint density at radius 3 is 2.57 bits per heavy atom. The fourth-order valence-corrected chi connectivity index (χ4v) is 2.85. The third kappa shape index (κ3) is 3.97. The van der Waals surface area contributed by atoms with Gasteiger partial charge in [0.15, 0.2) is 0 Å². The zero-order valence-corrected chi connectivity index (χ0v) is 14.1. The van der Waals surface area contributed by atoms with Crippen LogP contribution in [0.25, 0.3) is 0 Å². The fourth-order valence-electron chi connectivity index (χ4n) is 2.39. The molecule has 112 valence electrons. The highest BCUT2D eigenvalue weighted by Crippen LogP contribution is 2.17. The number of carbonyl (C=O) groups is 1. The van der Waals surface area contributed by atoms with Crippen molar-refractivity contribution in [3.63, 3.8) is 0 Å². The molecule has 1 aromatic heterocycles. The van der Waals surface area contributed by atoms with E-state index in [1.165, 1.54) is 5.56 Å². The second-order valence-corrected chi connectivity index (χ2v) is 5.87. The molecule has 4 heteroatoms. The quantitative estimate of drug-likeness (QED) is 0.775. The molecule has 1 aromatic carbocycles. The monoisotopic (exact) mass is 348 g/mol. The Hall–Kier alpha value is -1.55. The van der Waals surface area contributed by atoms with Gasteiger partial charge in [-0.25, -0.2) is 0 Å². The van der Waals surface area contributed by atoms with Crippen LogP contribution in [0.15, 0.2) is 47.1 Å². The Labute approximate surface area is 134 Å². The van der Waals surface area contributed by atoms with Crippen molar-refractivity contribution in [2.24, 2.45) is 0 Å². The molecule has 0 N–H and O–H groups in total. The lowest BCUT2D eigenvalue weighted by atomic mass is 10.1. The Bertz CT molecular complexity index is 592. The molecule has 0 saturated heterocycles. The fraction of sp³-hybridized carbons (Fsp3) is 0.353. The van der Waals surface area contributed by atoms with E-state index in [0.29, 0.717) is 0 Å². The summed E-state index contributed by atoms with van der Waals surface area (Å²) in [6, 6.07) is 12.2. The summed E-state index contributed by atoms with van der Waals surface area (Å²) in [4.78, 5) is 14.6. The molecule has 0 bridgehead atoms. The van der Waals surface area contributed by atoms with Crippen molar-refractivity contribution in [3.8, 4) is 0 Å². The highest BCUT2D eigenvalue weighted by molar-refractivity contribution is 9.10. The van der Waals surface area contributed by atoms with E-state index in [9.17, 15) is 4.79 Å². The van der Waals surface area contributed by atoms with Crippen LogP contribution in [0.3, 0.4) is 0 Å². The summed E-state index contributed by atoms with van der Waals surface area (Å²) in [5.74, 6) is 0.0981. The number of hydrogen-bond donors (Lipinski definition) is 0. The summed E-state index contributed by atoms with van der Waals surface area (Å²) in [5.41, 5.74) is 2.01. The second kappa shape index (κ2) is 7.46. The maximum absolute atomic E-state index is 12.7. The summed E-state index contributed by atoms with van der Waals surface area (Å²) in [6.07, 6.45) is 2.84. The predicted octanol–water partition coefficient (Wildman–Crippen LogP) is 3.98. The van der Waals surface area contributed by atoms with E-state index in [-0.39, 0.29) is 5.91 Å². The predicted molar refractivity (Wildman–Crippen MR) is 89.5 cm³/mol. The molecule has 0 unspecified atom stereocenters. The zero-order valence-electron chi connectivity index (χ0n) is 12.6. The van der Waals surface area contributed by atoms with Crippen LogP contribution in [-0.4, -0.2) is 28.5 Å². The van der Waals surface area contributed by atoms with Crippen LogP contribution in [0.5, 0.6) is 0 Å². The van der Waals surface area contributed by atoms with E-state index < -0.39 is 0 Å². The topological polar surface area (TPSA) is 25.2 Å². The molecule has 0 fully saturated rings. The average molecular weight is 349 g/mol. The van der Waals surface area contributed by atoms with Crippen LogP contribution in [-0.2, 0) is 13.0 Å². The van der Waals surface area contributed by atoms with Crippen molar-refractivity contribution in [2.45, 2.75) is 26.8 Å². The Balaban J connectivity index is 2.08. The van der Waals surface area contributed by atoms with E-state index in [0.717, 1.165) is 36.2 Å². The molecule has 0 saturated carbocycles. The molecule has 0 aliphatic heterocycles. The van der Waals surface area contributed by atoms with Gasteiger partial charge in [0, 0.05) is 30.3 Å². The van der Waals surface area contributed by atoms with Gasteiger partial charge in [-0.15, -0.1) is 0 Å². The summed E-state index contributed by atoms with van der Waals surface area (Å²) in [5, 5.41) is 0. The maximum Gasteiger partial charge on any atom is 0.270 e. The molecule has 2 aromatic rings. The first kappa shape index (κ1) is 15.8. The van der Waals surface area contributed by atoms with Crippen molar-refractivity contribution >= 4 is 21.8 Å².